The third kappa shape index (κ3) is 4.41. The van der Waals surface area contributed by atoms with Gasteiger partial charge >= 0.3 is 5.97 Å². The molecule has 0 aromatic heterocycles. The van der Waals surface area contributed by atoms with Crippen molar-refractivity contribution in [1.82, 2.24) is 4.90 Å². The maximum absolute atomic E-state index is 12.1. The van der Waals surface area contributed by atoms with Gasteiger partial charge in [-0.2, -0.15) is 0 Å². The number of methoxy groups -OCH3 is 1. The predicted molar refractivity (Wildman–Crippen MR) is 94.6 cm³/mol. The second kappa shape index (κ2) is 8.38. The Bertz CT molecular complexity index is 535. The minimum absolute atomic E-state index is 0.0624. The van der Waals surface area contributed by atoms with Gasteiger partial charge in [0.2, 0.25) is 0 Å². The third-order valence-electron chi connectivity index (χ3n) is 5.00. The summed E-state index contributed by atoms with van der Waals surface area (Å²) in [7, 11) is 1.70. The van der Waals surface area contributed by atoms with Crippen LogP contribution >= 0.6 is 0 Å². The normalized spacial score (nSPS) is 20.0. The van der Waals surface area contributed by atoms with Gasteiger partial charge in [-0.05, 0) is 37.8 Å². The Morgan fingerprint density at radius 2 is 1.79 bits per heavy atom. The van der Waals surface area contributed by atoms with E-state index in [9.17, 15) is 4.79 Å². The van der Waals surface area contributed by atoms with Crippen LogP contribution in [0, 0.1) is 0 Å². The summed E-state index contributed by atoms with van der Waals surface area (Å²) in [6, 6.07) is 8.10. The third-order valence-corrected chi connectivity index (χ3v) is 5.00. The summed E-state index contributed by atoms with van der Waals surface area (Å²) in [6.07, 6.45) is 5.88. The summed E-state index contributed by atoms with van der Waals surface area (Å²) in [5.41, 5.74) is 1.13. The molecule has 0 amide bonds. The number of benzene rings is 1. The highest BCUT2D eigenvalue weighted by Crippen LogP contribution is 2.28. The molecule has 5 heteroatoms. The maximum atomic E-state index is 12.1. The molecule has 1 aliphatic heterocycles. The van der Waals surface area contributed by atoms with Gasteiger partial charge in [-0.25, -0.2) is 0 Å². The second-order valence-corrected chi connectivity index (χ2v) is 6.68. The van der Waals surface area contributed by atoms with Crippen LogP contribution in [0.25, 0.3) is 0 Å². The van der Waals surface area contributed by atoms with Crippen LogP contribution in [0.1, 0.15) is 32.1 Å². The van der Waals surface area contributed by atoms with E-state index in [0.717, 1.165) is 50.5 Å². The fraction of sp³-hybridized carbons (Fsp3) is 0.632. The summed E-state index contributed by atoms with van der Waals surface area (Å²) in [4.78, 5) is 16.6. The smallest absolute Gasteiger partial charge is 0.320 e. The van der Waals surface area contributed by atoms with E-state index in [1.165, 1.54) is 19.3 Å². The first kappa shape index (κ1) is 17.1. The molecule has 1 saturated carbocycles. The van der Waals surface area contributed by atoms with E-state index in [-0.39, 0.29) is 12.1 Å². The zero-order chi connectivity index (χ0) is 16.8. The molecule has 24 heavy (non-hydrogen) atoms. The van der Waals surface area contributed by atoms with Crippen LogP contribution < -0.4 is 9.64 Å². The van der Waals surface area contributed by atoms with Crippen molar-refractivity contribution in [2.24, 2.45) is 0 Å². The van der Waals surface area contributed by atoms with Crippen molar-refractivity contribution in [3.8, 4) is 5.75 Å². The number of hydrogen-bond acceptors (Lipinski definition) is 5. The largest absolute Gasteiger partial charge is 0.495 e. The number of rotatable bonds is 5. The van der Waals surface area contributed by atoms with Crippen molar-refractivity contribution in [2.45, 2.75) is 38.2 Å². The van der Waals surface area contributed by atoms with Crippen molar-refractivity contribution in [3.05, 3.63) is 24.3 Å². The highest BCUT2D eigenvalue weighted by molar-refractivity contribution is 5.72. The van der Waals surface area contributed by atoms with Gasteiger partial charge in [0.15, 0.2) is 0 Å². The van der Waals surface area contributed by atoms with Crippen LogP contribution in [0.15, 0.2) is 24.3 Å². The fourth-order valence-electron chi connectivity index (χ4n) is 3.63. The molecule has 0 radical (unpaired) electrons. The molecule has 0 spiro atoms. The van der Waals surface area contributed by atoms with Crippen LogP contribution in [0.2, 0.25) is 0 Å². The minimum Gasteiger partial charge on any atom is -0.495 e. The van der Waals surface area contributed by atoms with Gasteiger partial charge in [-0.15, -0.1) is 0 Å². The molecule has 2 aliphatic rings. The van der Waals surface area contributed by atoms with Crippen LogP contribution in [-0.4, -0.2) is 56.8 Å². The molecule has 0 bridgehead atoms. The van der Waals surface area contributed by atoms with Gasteiger partial charge in [-0.3, -0.25) is 9.69 Å². The number of anilines is 1. The molecule has 3 rings (SSSR count). The highest BCUT2D eigenvalue weighted by Gasteiger charge is 2.23. The second-order valence-electron chi connectivity index (χ2n) is 6.68. The van der Waals surface area contributed by atoms with Crippen LogP contribution in [0.3, 0.4) is 0 Å². The monoisotopic (exact) mass is 332 g/mol. The molecule has 1 aliphatic carbocycles. The van der Waals surface area contributed by atoms with Gasteiger partial charge in [0.05, 0.1) is 19.3 Å². The van der Waals surface area contributed by atoms with Crippen molar-refractivity contribution in [2.75, 3.05) is 44.7 Å². The molecule has 1 aromatic carbocycles. The van der Waals surface area contributed by atoms with Gasteiger partial charge < -0.3 is 14.4 Å². The number of piperazine rings is 1. The van der Waals surface area contributed by atoms with Crippen molar-refractivity contribution < 1.29 is 14.3 Å². The van der Waals surface area contributed by atoms with Gasteiger partial charge in [0.1, 0.15) is 11.9 Å². The minimum atomic E-state index is -0.0624. The number of hydrogen-bond donors (Lipinski definition) is 0. The molecule has 1 saturated heterocycles. The highest BCUT2D eigenvalue weighted by atomic mass is 16.5. The number of para-hydroxylation sites is 2. The van der Waals surface area contributed by atoms with Gasteiger partial charge in [-0.1, -0.05) is 18.6 Å². The van der Waals surface area contributed by atoms with Crippen LogP contribution in [-0.2, 0) is 9.53 Å². The Morgan fingerprint density at radius 3 is 2.50 bits per heavy atom. The first-order valence-electron chi connectivity index (χ1n) is 9.06. The quantitative estimate of drug-likeness (QED) is 0.776. The van der Waals surface area contributed by atoms with Crippen LogP contribution in [0.5, 0.6) is 5.75 Å². The van der Waals surface area contributed by atoms with Gasteiger partial charge in [0, 0.05) is 26.2 Å². The Morgan fingerprint density at radius 1 is 1.08 bits per heavy atom. The van der Waals surface area contributed by atoms with Crippen molar-refractivity contribution in [1.29, 1.82) is 0 Å². The summed E-state index contributed by atoms with van der Waals surface area (Å²) in [5.74, 6) is 0.843. The standard InChI is InChI=1S/C19H28N2O3/c1-23-18-10-6-5-9-17(18)21-13-11-20(12-14-21)15-19(22)24-16-7-3-2-4-8-16/h5-6,9-10,16H,2-4,7-8,11-15H2,1H3. The number of ether oxygens (including phenoxy) is 2. The lowest BCUT2D eigenvalue weighted by Gasteiger charge is -2.36. The molecule has 1 aromatic rings. The SMILES string of the molecule is COc1ccccc1N1CCN(CC(=O)OC2CCCCC2)CC1. The summed E-state index contributed by atoms with van der Waals surface area (Å²) < 4.78 is 11.1. The van der Waals surface area contributed by atoms with Gasteiger partial charge in [0.25, 0.3) is 0 Å². The fourth-order valence-corrected chi connectivity index (χ4v) is 3.63. The molecular formula is C19H28N2O3. The molecule has 2 fully saturated rings. The molecule has 1 heterocycles. The van der Waals surface area contributed by atoms with E-state index >= 15 is 0 Å². The summed E-state index contributed by atoms with van der Waals surface area (Å²) in [5, 5.41) is 0. The lowest BCUT2D eigenvalue weighted by Crippen LogP contribution is -2.48. The molecule has 0 unspecified atom stereocenters. The first-order chi connectivity index (χ1) is 11.8. The number of esters is 1. The Hall–Kier alpha value is -1.75. The lowest BCUT2D eigenvalue weighted by atomic mass is 9.98. The van der Waals surface area contributed by atoms with E-state index in [2.05, 4.69) is 15.9 Å². The average Bonchev–Trinajstić information content (AvgIpc) is 2.63. The van der Waals surface area contributed by atoms with Crippen molar-refractivity contribution in [3.63, 3.8) is 0 Å². The van der Waals surface area contributed by atoms with E-state index in [1.807, 2.05) is 18.2 Å². The lowest BCUT2D eigenvalue weighted by molar-refractivity contribution is -0.151. The molecule has 132 valence electrons. The van der Waals surface area contributed by atoms with E-state index in [4.69, 9.17) is 9.47 Å². The Kier molecular flexibility index (Phi) is 5.96. The molecular weight excluding hydrogens is 304 g/mol. The van der Waals surface area contributed by atoms with E-state index in [0.29, 0.717) is 6.54 Å². The molecule has 0 N–H and O–H groups in total. The molecule has 5 nitrogen and oxygen atoms in total. The molecule has 0 atom stereocenters. The Balaban J connectivity index is 1.45. The summed E-state index contributed by atoms with van der Waals surface area (Å²) in [6.45, 7) is 3.96. The summed E-state index contributed by atoms with van der Waals surface area (Å²) >= 11 is 0. The number of carbonyl (C=O) groups excluding carboxylic acids is 1. The first-order valence-corrected chi connectivity index (χ1v) is 9.06. The van der Waals surface area contributed by atoms with Crippen molar-refractivity contribution >= 4 is 11.7 Å². The van der Waals surface area contributed by atoms with Crippen LogP contribution in [0.4, 0.5) is 5.69 Å². The maximum Gasteiger partial charge on any atom is 0.320 e. The van der Waals surface area contributed by atoms with E-state index in [1.54, 1.807) is 7.11 Å². The Labute approximate surface area is 144 Å². The zero-order valence-electron chi connectivity index (χ0n) is 14.6. The average molecular weight is 332 g/mol. The number of nitrogens with zero attached hydrogens (tertiary/aromatic N) is 2. The predicted octanol–water partition coefficient (Wildman–Crippen LogP) is 2.69. The van der Waals surface area contributed by atoms with E-state index < -0.39 is 0 Å². The zero-order valence-corrected chi connectivity index (χ0v) is 14.6. The number of carbonyl (C=O) groups is 1. The topological polar surface area (TPSA) is 42.0 Å².